The van der Waals surface area contributed by atoms with Crippen molar-refractivity contribution < 1.29 is 4.42 Å². The molecule has 1 aromatic heterocycles. The van der Waals surface area contributed by atoms with E-state index in [2.05, 4.69) is 127 Å². The van der Waals surface area contributed by atoms with Crippen molar-refractivity contribution in [3.8, 4) is 0 Å². The third kappa shape index (κ3) is 3.54. The van der Waals surface area contributed by atoms with Crippen molar-refractivity contribution in [2.24, 2.45) is 0 Å². The smallest absolute Gasteiger partial charge is 0.290 e. The van der Waals surface area contributed by atoms with Crippen LogP contribution in [-0.4, -0.2) is 6.71 Å². The fraction of sp³-hybridized carbons (Fsp3) is 0. The Labute approximate surface area is 200 Å². The van der Waals surface area contributed by atoms with Gasteiger partial charge in [0.25, 0.3) is 6.71 Å². The van der Waals surface area contributed by atoms with Gasteiger partial charge in [0.05, 0.1) is 11.9 Å². The maximum Gasteiger partial charge on any atom is 0.290 e. The normalized spacial score (nSPS) is 13.6. The van der Waals surface area contributed by atoms with Crippen LogP contribution in [0.4, 0.5) is 0 Å². The number of rotatable bonds is 5. The molecule has 1 aliphatic heterocycles. The van der Waals surface area contributed by atoms with Crippen LogP contribution in [0.5, 0.6) is 0 Å². The number of hydrogen-bond acceptors (Lipinski definition) is 1. The van der Waals surface area contributed by atoms with Crippen molar-refractivity contribution in [1.82, 2.24) is 0 Å². The zero-order valence-electron chi connectivity index (χ0n) is 18.8. The highest BCUT2D eigenvalue weighted by molar-refractivity contribution is 7.08. The molecule has 0 saturated heterocycles. The lowest BCUT2D eigenvalue weighted by molar-refractivity contribution is 0.600. The summed E-state index contributed by atoms with van der Waals surface area (Å²) in [6, 6.07) is 47.1. The summed E-state index contributed by atoms with van der Waals surface area (Å²) in [7, 11) is 0. The average molecular weight is 434 g/mol. The Bertz CT molecular complexity index is 1350. The lowest BCUT2D eigenvalue weighted by Crippen LogP contribution is -2.31. The number of allylic oxidation sites excluding steroid dienone is 2. The Kier molecular flexibility index (Phi) is 5.33. The van der Waals surface area contributed by atoms with Crippen LogP contribution in [0.15, 0.2) is 144 Å². The Hall–Kier alpha value is -4.30. The lowest BCUT2D eigenvalue weighted by Gasteiger charge is -2.16. The van der Waals surface area contributed by atoms with E-state index in [-0.39, 0.29) is 6.71 Å². The molecule has 0 radical (unpaired) electrons. The molecule has 5 aromatic rings. The second kappa shape index (κ2) is 8.92. The van der Waals surface area contributed by atoms with Crippen molar-refractivity contribution in [2.75, 3.05) is 0 Å². The first kappa shape index (κ1) is 20.3. The highest BCUT2D eigenvalue weighted by atomic mass is 16.3. The molecule has 160 valence electrons. The van der Waals surface area contributed by atoms with E-state index in [9.17, 15) is 0 Å². The summed E-state index contributed by atoms with van der Waals surface area (Å²) in [5.41, 5.74) is 10.9. The van der Waals surface area contributed by atoms with Crippen molar-refractivity contribution in [2.45, 2.75) is 0 Å². The molecule has 0 aliphatic carbocycles. The van der Waals surface area contributed by atoms with Gasteiger partial charge in [0.2, 0.25) is 0 Å². The van der Waals surface area contributed by atoms with Gasteiger partial charge in [-0.3, -0.25) is 0 Å². The predicted octanol–water partition coefficient (Wildman–Crippen LogP) is 7.30. The molecule has 1 aliphatic rings. The Morgan fingerprint density at radius 2 is 0.765 bits per heavy atom. The van der Waals surface area contributed by atoms with Gasteiger partial charge in [0.15, 0.2) is 0 Å². The summed E-state index contributed by atoms with van der Waals surface area (Å²) >= 11 is 0. The van der Waals surface area contributed by atoms with Crippen molar-refractivity contribution >= 4 is 34.5 Å². The quantitative estimate of drug-likeness (QED) is 0.265. The van der Waals surface area contributed by atoms with E-state index in [4.69, 9.17) is 4.42 Å². The van der Waals surface area contributed by atoms with Gasteiger partial charge in [-0.1, -0.05) is 121 Å². The minimum absolute atomic E-state index is 0.0230. The topological polar surface area (TPSA) is 13.1 Å². The molecule has 0 spiro atoms. The SMILES string of the molecule is c1ccc(C2=C(c3ccccc3)C(c3ccccc3)=C(c3ccccc3)B2c2ccco2)cc1. The van der Waals surface area contributed by atoms with Crippen LogP contribution in [0.1, 0.15) is 22.3 Å². The minimum atomic E-state index is -0.0230. The van der Waals surface area contributed by atoms with Crippen molar-refractivity contribution in [3.05, 3.63) is 162 Å². The molecule has 6 rings (SSSR count). The molecule has 0 amide bonds. The van der Waals surface area contributed by atoms with Crippen LogP contribution in [0.3, 0.4) is 0 Å². The van der Waals surface area contributed by atoms with E-state index >= 15 is 0 Å². The summed E-state index contributed by atoms with van der Waals surface area (Å²) in [4.78, 5) is 0. The first-order chi connectivity index (χ1) is 16.9. The molecule has 0 atom stereocenters. The first-order valence-electron chi connectivity index (χ1n) is 11.7. The van der Waals surface area contributed by atoms with Gasteiger partial charge in [-0.2, -0.15) is 0 Å². The summed E-state index contributed by atoms with van der Waals surface area (Å²) in [6.45, 7) is -0.0230. The zero-order chi connectivity index (χ0) is 22.7. The predicted molar refractivity (Wildman–Crippen MR) is 143 cm³/mol. The van der Waals surface area contributed by atoms with Crippen molar-refractivity contribution in [1.29, 1.82) is 0 Å². The maximum absolute atomic E-state index is 6.12. The average Bonchev–Trinajstić information content (AvgIpc) is 3.57. The van der Waals surface area contributed by atoms with Gasteiger partial charge in [-0.25, -0.2) is 0 Å². The van der Waals surface area contributed by atoms with Gasteiger partial charge in [0, 0.05) is 0 Å². The van der Waals surface area contributed by atoms with Gasteiger partial charge < -0.3 is 4.42 Å². The van der Waals surface area contributed by atoms with Crippen molar-refractivity contribution in [3.63, 3.8) is 0 Å². The van der Waals surface area contributed by atoms with Gasteiger partial charge in [-0.05, 0) is 56.5 Å². The fourth-order valence-electron chi connectivity index (χ4n) is 5.11. The summed E-state index contributed by atoms with van der Waals surface area (Å²) in [5.74, 6) is 0. The molecule has 4 aromatic carbocycles. The van der Waals surface area contributed by atoms with E-state index < -0.39 is 0 Å². The Balaban J connectivity index is 1.77. The highest BCUT2D eigenvalue weighted by Gasteiger charge is 2.41. The molecule has 0 bridgehead atoms. The number of furan rings is 1. The number of hydrogen-bond donors (Lipinski definition) is 0. The summed E-state index contributed by atoms with van der Waals surface area (Å²) in [5, 5.41) is 0. The van der Waals surface area contributed by atoms with Crippen LogP contribution in [0, 0.1) is 0 Å². The molecule has 2 heteroatoms. The van der Waals surface area contributed by atoms with Crippen LogP contribution < -0.4 is 5.66 Å². The third-order valence-corrected chi connectivity index (χ3v) is 6.49. The zero-order valence-corrected chi connectivity index (χ0v) is 18.8. The Morgan fingerprint density at radius 1 is 0.382 bits per heavy atom. The first-order valence-corrected chi connectivity index (χ1v) is 11.7. The summed E-state index contributed by atoms with van der Waals surface area (Å²) in [6.07, 6.45) is 1.78. The van der Waals surface area contributed by atoms with Gasteiger partial charge in [-0.15, -0.1) is 0 Å². The third-order valence-electron chi connectivity index (χ3n) is 6.49. The van der Waals surface area contributed by atoms with Gasteiger partial charge >= 0.3 is 0 Å². The standard InChI is InChI=1S/C32H23BO/c1-5-14-24(15-6-1)29-30(25-16-7-2-8-17-25)32(27-20-11-4-12-21-27)33(28-22-13-23-34-28)31(29)26-18-9-3-10-19-26/h1-23H. The molecular weight excluding hydrogens is 411 g/mol. The van der Waals surface area contributed by atoms with E-state index in [0.717, 1.165) is 5.66 Å². The molecule has 0 unspecified atom stereocenters. The maximum atomic E-state index is 6.12. The highest BCUT2D eigenvalue weighted by Crippen LogP contribution is 2.50. The minimum Gasteiger partial charge on any atom is -0.479 e. The van der Waals surface area contributed by atoms with Crippen LogP contribution in [0.2, 0.25) is 0 Å². The molecule has 0 fully saturated rings. The molecule has 0 N–H and O–H groups in total. The van der Waals surface area contributed by atoms with Crippen LogP contribution >= 0.6 is 0 Å². The van der Waals surface area contributed by atoms with E-state index in [1.807, 2.05) is 6.07 Å². The summed E-state index contributed by atoms with van der Waals surface area (Å²) < 4.78 is 6.12. The largest absolute Gasteiger partial charge is 0.479 e. The van der Waals surface area contributed by atoms with Crippen LogP contribution in [0.25, 0.3) is 22.1 Å². The second-order valence-electron chi connectivity index (χ2n) is 8.49. The molecule has 34 heavy (non-hydrogen) atoms. The second-order valence-corrected chi connectivity index (χ2v) is 8.49. The van der Waals surface area contributed by atoms with E-state index in [1.165, 1.54) is 44.3 Å². The van der Waals surface area contributed by atoms with E-state index in [1.54, 1.807) is 6.26 Å². The number of benzene rings is 4. The Morgan fingerprint density at radius 3 is 1.12 bits per heavy atom. The lowest BCUT2D eigenvalue weighted by atomic mass is 9.37. The fourth-order valence-corrected chi connectivity index (χ4v) is 5.11. The monoisotopic (exact) mass is 434 g/mol. The molecule has 2 heterocycles. The van der Waals surface area contributed by atoms with Gasteiger partial charge in [0.1, 0.15) is 0 Å². The molecular formula is C32H23BO. The molecule has 0 saturated carbocycles. The molecule has 1 nitrogen and oxygen atoms in total. The van der Waals surface area contributed by atoms with E-state index in [0.29, 0.717) is 0 Å². The van der Waals surface area contributed by atoms with Crippen LogP contribution in [-0.2, 0) is 0 Å².